The Kier molecular flexibility index (Phi) is 4.76. The van der Waals surface area contributed by atoms with Crippen molar-refractivity contribution in [2.24, 2.45) is 0 Å². The number of aryl methyl sites for hydroxylation is 1. The molecule has 0 aliphatic rings. The average Bonchev–Trinajstić information content (AvgIpc) is 2.89. The first-order valence-corrected chi connectivity index (χ1v) is 8.43. The number of Topliss-reactive ketones (excluding diaryl/α,β-unsaturated/α-hetero) is 1. The van der Waals surface area contributed by atoms with E-state index in [0.717, 1.165) is 11.4 Å². The van der Waals surface area contributed by atoms with E-state index in [2.05, 4.69) is 9.97 Å². The molecule has 0 saturated heterocycles. The van der Waals surface area contributed by atoms with Crippen LogP contribution in [0.1, 0.15) is 21.7 Å². The predicted octanol–water partition coefficient (Wildman–Crippen LogP) is 4.00. The van der Waals surface area contributed by atoms with Crippen molar-refractivity contribution >= 4 is 17.5 Å². The maximum absolute atomic E-state index is 14.1. The molecule has 2 aromatic heterocycles. The fourth-order valence-electron chi connectivity index (χ4n) is 2.62. The number of benzene rings is 1. The molecule has 0 fully saturated rings. The standard InChI is InChI=1S/C18H16FN3OS/c1-12-10-14(17(23)11-24-18-20-8-5-9-21-18)13(2)22(12)16-7-4-3-6-15(16)19/h3-10H,11H2,1-2H3. The number of hydrogen-bond acceptors (Lipinski definition) is 4. The highest BCUT2D eigenvalue weighted by molar-refractivity contribution is 7.99. The number of hydrogen-bond donors (Lipinski definition) is 0. The van der Waals surface area contributed by atoms with Gasteiger partial charge in [-0.25, -0.2) is 14.4 Å². The van der Waals surface area contributed by atoms with Crippen molar-refractivity contribution in [2.45, 2.75) is 19.0 Å². The van der Waals surface area contributed by atoms with Crippen LogP contribution in [-0.4, -0.2) is 26.1 Å². The van der Waals surface area contributed by atoms with Crippen LogP contribution in [0.5, 0.6) is 0 Å². The molecular weight excluding hydrogens is 325 g/mol. The minimum Gasteiger partial charge on any atom is -0.315 e. The third kappa shape index (κ3) is 3.23. The van der Waals surface area contributed by atoms with Crippen molar-refractivity contribution < 1.29 is 9.18 Å². The molecule has 0 saturated carbocycles. The fourth-order valence-corrected chi connectivity index (χ4v) is 3.30. The van der Waals surface area contributed by atoms with E-state index in [9.17, 15) is 9.18 Å². The third-order valence-electron chi connectivity index (χ3n) is 3.70. The molecule has 0 N–H and O–H groups in total. The summed E-state index contributed by atoms with van der Waals surface area (Å²) in [6, 6.07) is 10.1. The molecule has 4 nitrogen and oxygen atoms in total. The molecule has 0 aliphatic heterocycles. The molecule has 0 bridgehead atoms. The van der Waals surface area contributed by atoms with Gasteiger partial charge in [0.25, 0.3) is 0 Å². The van der Waals surface area contributed by atoms with Crippen LogP contribution < -0.4 is 0 Å². The highest BCUT2D eigenvalue weighted by atomic mass is 32.2. The lowest BCUT2D eigenvalue weighted by molar-refractivity contribution is 0.102. The lowest BCUT2D eigenvalue weighted by atomic mass is 10.2. The highest BCUT2D eigenvalue weighted by Crippen LogP contribution is 2.24. The third-order valence-corrected chi connectivity index (χ3v) is 4.57. The molecule has 2 heterocycles. The van der Waals surface area contributed by atoms with E-state index in [1.165, 1.54) is 17.8 Å². The zero-order chi connectivity index (χ0) is 17.1. The summed E-state index contributed by atoms with van der Waals surface area (Å²) in [5, 5.41) is 0.564. The second-order valence-electron chi connectivity index (χ2n) is 5.31. The zero-order valence-corrected chi connectivity index (χ0v) is 14.2. The molecule has 122 valence electrons. The van der Waals surface area contributed by atoms with E-state index in [-0.39, 0.29) is 17.4 Å². The van der Waals surface area contributed by atoms with E-state index in [1.54, 1.807) is 47.3 Å². The van der Waals surface area contributed by atoms with Gasteiger partial charge in [-0.3, -0.25) is 4.79 Å². The second-order valence-corrected chi connectivity index (χ2v) is 6.26. The van der Waals surface area contributed by atoms with Crippen LogP contribution in [0.4, 0.5) is 4.39 Å². The Morgan fingerprint density at radius 3 is 2.58 bits per heavy atom. The van der Waals surface area contributed by atoms with Crippen LogP contribution >= 0.6 is 11.8 Å². The first-order chi connectivity index (χ1) is 11.6. The molecule has 6 heteroatoms. The number of halogens is 1. The van der Waals surface area contributed by atoms with E-state index in [1.807, 2.05) is 13.8 Å². The van der Waals surface area contributed by atoms with Crippen molar-refractivity contribution in [3.63, 3.8) is 0 Å². The first-order valence-electron chi connectivity index (χ1n) is 7.45. The van der Waals surface area contributed by atoms with Crippen molar-refractivity contribution in [2.75, 3.05) is 5.75 Å². The minimum atomic E-state index is -0.314. The number of nitrogens with zero attached hydrogens (tertiary/aromatic N) is 3. The van der Waals surface area contributed by atoms with Crippen molar-refractivity contribution in [3.05, 3.63) is 71.6 Å². The Hall–Kier alpha value is -2.47. The topological polar surface area (TPSA) is 47.8 Å². The van der Waals surface area contributed by atoms with Crippen LogP contribution in [0.3, 0.4) is 0 Å². The van der Waals surface area contributed by atoms with Crippen molar-refractivity contribution in [1.82, 2.24) is 14.5 Å². The SMILES string of the molecule is Cc1cc(C(=O)CSc2ncccn2)c(C)n1-c1ccccc1F. The van der Waals surface area contributed by atoms with Crippen molar-refractivity contribution in [3.8, 4) is 5.69 Å². The Labute approximate surface area is 143 Å². The maximum Gasteiger partial charge on any atom is 0.187 e. The fraction of sp³-hybridized carbons (Fsp3) is 0.167. The van der Waals surface area contributed by atoms with Gasteiger partial charge in [0.05, 0.1) is 11.4 Å². The quantitative estimate of drug-likeness (QED) is 0.400. The van der Waals surface area contributed by atoms with Crippen LogP contribution in [0.15, 0.2) is 53.9 Å². The maximum atomic E-state index is 14.1. The van der Waals surface area contributed by atoms with E-state index in [4.69, 9.17) is 0 Å². The smallest absolute Gasteiger partial charge is 0.187 e. The van der Waals surface area contributed by atoms with Gasteiger partial charge in [0.2, 0.25) is 0 Å². The largest absolute Gasteiger partial charge is 0.315 e. The van der Waals surface area contributed by atoms with Crippen LogP contribution in [-0.2, 0) is 0 Å². The Morgan fingerprint density at radius 1 is 1.17 bits per heavy atom. The minimum absolute atomic E-state index is 0.0249. The summed E-state index contributed by atoms with van der Waals surface area (Å²) in [6.45, 7) is 3.69. The van der Waals surface area contributed by atoms with E-state index >= 15 is 0 Å². The molecule has 3 aromatic rings. The molecule has 0 aliphatic carbocycles. The molecule has 0 radical (unpaired) electrons. The van der Waals surface area contributed by atoms with Crippen LogP contribution in [0.2, 0.25) is 0 Å². The van der Waals surface area contributed by atoms with E-state index < -0.39 is 0 Å². The molecular formula is C18H16FN3OS. The van der Waals surface area contributed by atoms with Gasteiger partial charge in [-0.2, -0.15) is 0 Å². The number of aromatic nitrogens is 3. The van der Waals surface area contributed by atoms with Gasteiger partial charge >= 0.3 is 0 Å². The summed E-state index contributed by atoms with van der Waals surface area (Å²) in [5.74, 6) is -0.0977. The molecule has 3 rings (SSSR count). The lowest BCUT2D eigenvalue weighted by Gasteiger charge is -2.10. The summed E-state index contributed by atoms with van der Waals surface area (Å²) in [4.78, 5) is 20.7. The molecule has 1 aromatic carbocycles. The molecule has 0 atom stereocenters. The molecule has 24 heavy (non-hydrogen) atoms. The van der Waals surface area contributed by atoms with Crippen LogP contribution in [0, 0.1) is 19.7 Å². The summed E-state index contributed by atoms with van der Waals surface area (Å²) < 4.78 is 15.9. The van der Waals surface area contributed by atoms with Gasteiger partial charge in [0, 0.05) is 29.3 Å². The summed E-state index contributed by atoms with van der Waals surface area (Å²) >= 11 is 1.29. The number of thioether (sulfide) groups is 1. The summed E-state index contributed by atoms with van der Waals surface area (Å²) in [5.41, 5.74) is 2.60. The van der Waals surface area contributed by atoms with Gasteiger partial charge in [-0.1, -0.05) is 23.9 Å². The Bertz CT molecular complexity index is 877. The number of ketones is 1. The molecule has 0 unspecified atom stereocenters. The van der Waals surface area contributed by atoms with Gasteiger partial charge in [0.1, 0.15) is 5.82 Å². The number of carbonyl (C=O) groups excluding carboxylic acids is 1. The zero-order valence-electron chi connectivity index (χ0n) is 13.4. The first kappa shape index (κ1) is 16.4. The number of rotatable bonds is 5. The second kappa shape index (κ2) is 6.97. The monoisotopic (exact) mass is 341 g/mol. The van der Waals surface area contributed by atoms with Crippen molar-refractivity contribution in [1.29, 1.82) is 0 Å². The van der Waals surface area contributed by atoms with Gasteiger partial charge in [-0.05, 0) is 38.1 Å². The van der Waals surface area contributed by atoms with Crippen LogP contribution in [0.25, 0.3) is 5.69 Å². The summed E-state index contributed by atoms with van der Waals surface area (Å²) in [6.07, 6.45) is 3.29. The Balaban J connectivity index is 1.86. The average molecular weight is 341 g/mol. The van der Waals surface area contributed by atoms with E-state index in [0.29, 0.717) is 16.4 Å². The Morgan fingerprint density at radius 2 is 1.88 bits per heavy atom. The van der Waals surface area contributed by atoms with Gasteiger partial charge in [-0.15, -0.1) is 0 Å². The van der Waals surface area contributed by atoms with Gasteiger partial charge in [0.15, 0.2) is 10.9 Å². The molecule has 0 spiro atoms. The number of para-hydroxylation sites is 1. The highest BCUT2D eigenvalue weighted by Gasteiger charge is 2.18. The summed E-state index contributed by atoms with van der Waals surface area (Å²) in [7, 11) is 0. The van der Waals surface area contributed by atoms with Gasteiger partial charge < -0.3 is 4.57 Å². The molecule has 0 amide bonds. The normalized spacial score (nSPS) is 10.8. The number of carbonyl (C=O) groups is 1. The lowest BCUT2D eigenvalue weighted by Crippen LogP contribution is -2.07. The predicted molar refractivity (Wildman–Crippen MR) is 92.3 cm³/mol.